The summed E-state index contributed by atoms with van der Waals surface area (Å²) in [7, 11) is 0. The van der Waals surface area contributed by atoms with Crippen molar-refractivity contribution in [3.05, 3.63) is 53.6 Å². The molecule has 1 aliphatic rings. The molecule has 1 N–H and O–H groups in total. The number of hydrogen-bond donors (Lipinski definition) is 1. The number of aryl methyl sites for hydroxylation is 1. The molecular formula is C20H24N2O2. The number of rotatable bonds is 5. The fourth-order valence-electron chi connectivity index (χ4n) is 3.04. The number of nitrogens with zero attached hydrogens (tertiary/aromatic N) is 1. The fourth-order valence-corrected chi connectivity index (χ4v) is 3.04. The largest absolute Gasteiger partial charge is 0.481 e. The second kappa shape index (κ2) is 6.95. The van der Waals surface area contributed by atoms with Crippen LogP contribution >= 0.6 is 0 Å². The molecule has 126 valence electrons. The molecule has 2 aromatic rings. The topological polar surface area (TPSA) is 41.6 Å². The van der Waals surface area contributed by atoms with Gasteiger partial charge < -0.3 is 15.0 Å². The van der Waals surface area contributed by atoms with Crippen molar-refractivity contribution in [2.75, 3.05) is 23.3 Å². The SMILES string of the molecule is CCN1CCc2ccc(NC(=O)C(C)Oc3cccc(C)c3)cc21. The van der Waals surface area contributed by atoms with E-state index in [1.807, 2.05) is 37.3 Å². The van der Waals surface area contributed by atoms with Crippen LogP contribution in [0.15, 0.2) is 42.5 Å². The number of fused-ring (bicyclic) bond motifs is 1. The molecule has 0 radical (unpaired) electrons. The molecular weight excluding hydrogens is 300 g/mol. The van der Waals surface area contributed by atoms with Crippen molar-refractivity contribution >= 4 is 17.3 Å². The summed E-state index contributed by atoms with van der Waals surface area (Å²) in [5, 5.41) is 2.96. The van der Waals surface area contributed by atoms with Gasteiger partial charge in [-0.3, -0.25) is 4.79 Å². The number of carbonyl (C=O) groups is 1. The monoisotopic (exact) mass is 324 g/mol. The van der Waals surface area contributed by atoms with Crippen molar-refractivity contribution in [2.24, 2.45) is 0 Å². The Labute approximate surface area is 143 Å². The molecule has 1 heterocycles. The first kappa shape index (κ1) is 16.4. The van der Waals surface area contributed by atoms with E-state index in [0.717, 1.165) is 30.8 Å². The minimum absolute atomic E-state index is 0.141. The third-order valence-corrected chi connectivity index (χ3v) is 4.40. The fraction of sp³-hybridized carbons (Fsp3) is 0.350. The average Bonchev–Trinajstić information content (AvgIpc) is 2.97. The molecule has 1 unspecified atom stereocenters. The van der Waals surface area contributed by atoms with Gasteiger partial charge in [0.2, 0.25) is 0 Å². The van der Waals surface area contributed by atoms with E-state index in [1.54, 1.807) is 6.92 Å². The van der Waals surface area contributed by atoms with Gasteiger partial charge in [-0.25, -0.2) is 0 Å². The molecule has 4 heteroatoms. The van der Waals surface area contributed by atoms with E-state index >= 15 is 0 Å². The van der Waals surface area contributed by atoms with Crippen LogP contribution in [-0.4, -0.2) is 25.1 Å². The second-order valence-corrected chi connectivity index (χ2v) is 6.24. The predicted molar refractivity (Wildman–Crippen MR) is 97.9 cm³/mol. The van der Waals surface area contributed by atoms with Gasteiger partial charge in [0, 0.05) is 24.5 Å². The van der Waals surface area contributed by atoms with Gasteiger partial charge in [-0.05, 0) is 62.6 Å². The minimum Gasteiger partial charge on any atom is -0.481 e. The van der Waals surface area contributed by atoms with Gasteiger partial charge in [-0.15, -0.1) is 0 Å². The Kier molecular flexibility index (Phi) is 4.74. The summed E-state index contributed by atoms with van der Waals surface area (Å²) in [4.78, 5) is 14.7. The maximum atomic E-state index is 12.4. The van der Waals surface area contributed by atoms with E-state index < -0.39 is 6.10 Å². The number of hydrogen-bond acceptors (Lipinski definition) is 3. The number of carbonyl (C=O) groups excluding carboxylic acids is 1. The zero-order valence-electron chi connectivity index (χ0n) is 14.5. The molecule has 0 aliphatic carbocycles. The van der Waals surface area contributed by atoms with E-state index in [4.69, 9.17) is 4.74 Å². The van der Waals surface area contributed by atoms with Crippen molar-refractivity contribution < 1.29 is 9.53 Å². The van der Waals surface area contributed by atoms with Crippen molar-refractivity contribution in [1.29, 1.82) is 0 Å². The lowest BCUT2D eigenvalue weighted by Gasteiger charge is -2.18. The summed E-state index contributed by atoms with van der Waals surface area (Å²) in [6.07, 6.45) is 0.520. The van der Waals surface area contributed by atoms with Crippen LogP contribution < -0.4 is 15.0 Å². The minimum atomic E-state index is -0.553. The lowest BCUT2D eigenvalue weighted by atomic mass is 10.1. The Bertz CT molecular complexity index is 742. The summed E-state index contributed by atoms with van der Waals surface area (Å²) in [6.45, 7) is 7.95. The van der Waals surface area contributed by atoms with Crippen molar-refractivity contribution in [3.8, 4) is 5.75 Å². The first-order chi connectivity index (χ1) is 11.6. The average molecular weight is 324 g/mol. The first-order valence-corrected chi connectivity index (χ1v) is 8.49. The highest BCUT2D eigenvalue weighted by Crippen LogP contribution is 2.30. The Hall–Kier alpha value is -2.49. The molecule has 4 nitrogen and oxygen atoms in total. The smallest absolute Gasteiger partial charge is 0.265 e. The lowest BCUT2D eigenvalue weighted by molar-refractivity contribution is -0.122. The van der Waals surface area contributed by atoms with E-state index in [2.05, 4.69) is 29.3 Å². The molecule has 0 spiro atoms. The third kappa shape index (κ3) is 3.53. The molecule has 24 heavy (non-hydrogen) atoms. The standard InChI is InChI=1S/C20H24N2O2/c1-4-22-11-10-16-8-9-17(13-19(16)22)21-20(23)15(3)24-18-7-5-6-14(2)12-18/h5-9,12-13,15H,4,10-11H2,1-3H3,(H,21,23). The number of nitrogens with one attached hydrogen (secondary N) is 1. The predicted octanol–water partition coefficient (Wildman–Crippen LogP) is 3.78. The Morgan fingerprint density at radius 1 is 1.29 bits per heavy atom. The highest BCUT2D eigenvalue weighted by atomic mass is 16.5. The number of anilines is 2. The van der Waals surface area contributed by atoms with Gasteiger partial charge in [0.1, 0.15) is 5.75 Å². The molecule has 1 aliphatic heterocycles. The van der Waals surface area contributed by atoms with Gasteiger partial charge in [0.25, 0.3) is 5.91 Å². The van der Waals surface area contributed by atoms with Crippen LogP contribution in [0.2, 0.25) is 0 Å². The van der Waals surface area contributed by atoms with Crippen LogP contribution in [0.1, 0.15) is 25.0 Å². The number of benzene rings is 2. The zero-order chi connectivity index (χ0) is 17.1. The van der Waals surface area contributed by atoms with E-state index in [0.29, 0.717) is 5.75 Å². The number of amides is 1. The second-order valence-electron chi connectivity index (χ2n) is 6.24. The first-order valence-electron chi connectivity index (χ1n) is 8.49. The normalized spacial score (nSPS) is 14.2. The van der Waals surface area contributed by atoms with Crippen LogP contribution in [0.5, 0.6) is 5.75 Å². The molecule has 3 rings (SSSR count). The number of likely N-dealkylation sites (N-methyl/N-ethyl adjacent to an activating group) is 1. The highest BCUT2D eigenvalue weighted by Gasteiger charge is 2.20. The molecule has 0 fully saturated rings. The van der Waals surface area contributed by atoms with Gasteiger partial charge in [0.15, 0.2) is 6.10 Å². The number of ether oxygens (including phenoxy) is 1. The van der Waals surface area contributed by atoms with E-state index in [-0.39, 0.29) is 5.91 Å². The summed E-state index contributed by atoms with van der Waals surface area (Å²) < 4.78 is 5.74. The molecule has 1 atom stereocenters. The van der Waals surface area contributed by atoms with Gasteiger partial charge in [0.05, 0.1) is 0 Å². The lowest BCUT2D eigenvalue weighted by Crippen LogP contribution is -2.30. The van der Waals surface area contributed by atoms with Crippen molar-refractivity contribution in [2.45, 2.75) is 33.3 Å². The van der Waals surface area contributed by atoms with E-state index in [9.17, 15) is 4.79 Å². The van der Waals surface area contributed by atoms with Crippen LogP contribution in [-0.2, 0) is 11.2 Å². The quantitative estimate of drug-likeness (QED) is 0.910. The molecule has 0 bridgehead atoms. The van der Waals surface area contributed by atoms with Gasteiger partial charge in [-0.1, -0.05) is 18.2 Å². The molecule has 2 aromatic carbocycles. The van der Waals surface area contributed by atoms with Crippen molar-refractivity contribution in [1.82, 2.24) is 0 Å². The molecule has 0 saturated heterocycles. The van der Waals surface area contributed by atoms with Crippen LogP contribution in [0.4, 0.5) is 11.4 Å². The van der Waals surface area contributed by atoms with E-state index in [1.165, 1.54) is 11.3 Å². The summed E-state index contributed by atoms with van der Waals surface area (Å²) >= 11 is 0. The summed E-state index contributed by atoms with van der Waals surface area (Å²) in [5.41, 5.74) is 4.50. The Morgan fingerprint density at radius 3 is 2.88 bits per heavy atom. The summed E-state index contributed by atoms with van der Waals surface area (Å²) in [5.74, 6) is 0.571. The third-order valence-electron chi connectivity index (χ3n) is 4.40. The Balaban J connectivity index is 1.66. The Morgan fingerprint density at radius 2 is 2.12 bits per heavy atom. The van der Waals surface area contributed by atoms with Crippen LogP contribution in [0.25, 0.3) is 0 Å². The van der Waals surface area contributed by atoms with Crippen molar-refractivity contribution in [3.63, 3.8) is 0 Å². The molecule has 0 aromatic heterocycles. The van der Waals surface area contributed by atoms with Gasteiger partial charge in [-0.2, -0.15) is 0 Å². The van der Waals surface area contributed by atoms with Crippen LogP contribution in [0.3, 0.4) is 0 Å². The maximum absolute atomic E-state index is 12.4. The molecule has 0 saturated carbocycles. The van der Waals surface area contributed by atoms with Gasteiger partial charge >= 0.3 is 0 Å². The molecule has 1 amide bonds. The summed E-state index contributed by atoms with van der Waals surface area (Å²) in [6, 6.07) is 13.9. The zero-order valence-corrected chi connectivity index (χ0v) is 14.5. The maximum Gasteiger partial charge on any atom is 0.265 e. The van der Waals surface area contributed by atoms with Crippen LogP contribution in [0, 0.1) is 6.92 Å². The highest BCUT2D eigenvalue weighted by molar-refractivity contribution is 5.94.